The van der Waals surface area contributed by atoms with Crippen LogP contribution in [0.5, 0.6) is 0 Å². The Labute approximate surface area is 118 Å². The Hall–Kier alpha value is -1.21. The van der Waals surface area contributed by atoms with Gasteiger partial charge in [-0.1, -0.05) is 18.2 Å². The molecule has 20 heavy (non-hydrogen) atoms. The van der Waals surface area contributed by atoms with E-state index in [0.717, 1.165) is 0 Å². The van der Waals surface area contributed by atoms with Crippen LogP contribution >= 0.6 is 10.7 Å². The molecule has 2 rings (SSSR count). The van der Waals surface area contributed by atoms with Crippen molar-refractivity contribution in [3.8, 4) is 0 Å². The number of rotatable bonds is 3. The van der Waals surface area contributed by atoms with Gasteiger partial charge in [0, 0.05) is 33.8 Å². The van der Waals surface area contributed by atoms with Crippen LogP contribution in [0.15, 0.2) is 29.2 Å². The average Bonchev–Trinajstić information content (AvgIpc) is 2.56. The zero-order chi connectivity index (χ0) is 15.1. The van der Waals surface area contributed by atoms with E-state index in [1.165, 1.54) is 17.6 Å². The lowest BCUT2D eigenvalue weighted by molar-refractivity contribution is -0.136. The van der Waals surface area contributed by atoms with Gasteiger partial charge in [0.2, 0.25) is 0 Å². The second-order valence-corrected chi connectivity index (χ2v) is 6.89. The molecule has 3 nitrogen and oxygen atoms in total. The first-order chi connectivity index (χ1) is 9.11. The molecule has 0 N–H and O–H groups in total. The maximum atomic E-state index is 12.4. The van der Waals surface area contributed by atoms with Crippen molar-refractivity contribution in [3.63, 3.8) is 0 Å². The van der Waals surface area contributed by atoms with Gasteiger partial charge in [0.25, 0.3) is 9.05 Å². The molecular formula is C12H11ClF3NO2S. The number of aryl methyl sites for hydroxylation is 1. The molecule has 0 spiro atoms. The average molecular weight is 326 g/mol. The van der Waals surface area contributed by atoms with Crippen molar-refractivity contribution in [3.05, 3.63) is 30.0 Å². The number of nitrogens with zero attached hydrogens (tertiary/aromatic N) is 1. The maximum absolute atomic E-state index is 12.4. The van der Waals surface area contributed by atoms with Gasteiger partial charge in [0.05, 0.1) is 6.42 Å². The van der Waals surface area contributed by atoms with Gasteiger partial charge < -0.3 is 4.57 Å². The lowest BCUT2D eigenvalue weighted by atomic mass is 10.2. The SMILES string of the molecule is Cc1c(S(=O)(=O)Cl)c2ccccc2n1CCC(F)(F)F. The second-order valence-electron chi connectivity index (χ2n) is 4.39. The quantitative estimate of drug-likeness (QED) is 0.804. The number of halogens is 4. The third-order valence-corrected chi connectivity index (χ3v) is 4.50. The lowest BCUT2D eigenvalue weighted by Gasteiger charge is -2.10. The van der Waals surface area contributed by atoms with Crippen LogP contribution in [0.1, 0.15) is 12.1 Å². The summed E-state index contributed by atoms with van der Waals surface area (Å²) in [5.41, 5.74) is 0.638. The largest absolute Gasteiger partial charge is 0.390 e. The number of hydrogen-bond acceptors (Lipinski definition) is 2. The molecule has 0 aliphatic heterocycles. The molecule has 0 amide bonds. The van der Waals surface area contributed by atoms with Gasteiger partial charge in [-0.25, -0.2) is 8.42 Å². The van der Waals surface area contributed by atoms with Crippen LogP contribution in [0.25, 0.3) is 10.9 Å². The van der Waals surface area contributed by atoms with Crippen LogP contribution in [-0.2, 0) is 15.6 Å². The van der Waals surface area contributed by atoms with Crippen LogP contribution in [0.4, 0.5) is 13.2 Å². The highest BCUT2D eigenvalue weighted by Crippen LogP contribution is 2.33. The summed E-state index contributed by atoms with van der Waals surface area (Å²) in [5, 5.41) is 0.335. The topological polar surface area (TPSA) is 39.1 Å². The summed E-state index contributed by atoms with van der Waals surface area (Å²) in [6, 6.07) is 6.35. The van der Waals surface area contributed by atoms with Crippen LogP contribution in [0, 0.1) is 6.92 Å². The second kappa shape index (κ2) is 4.96. The number of aromatic nitrogens is 1. The molecule has 0 saturated carbocycles. The molecule has 2 aromatic rings. The molecule has 0 unspecified atom stereocenters. The Morgan fingerprint density at radius 1 is 1.25 bits per heavy atom. The van der Waals surface area contributed by atoms with Gasteiger partial charge >= 0.3 is 6.18 Å². The molecule has 0 aliphatic rings. The maximum Gasteiger partial charge on any atom is 0.390 e. The minimum atomic E-state index is -4.31. The fourth-order valence-electron chi connectivity index (χ4n) is 2.23. The van der Waals surface area contributed by atoms with Crippen LogP contribution in [-0.4, -0.2) is 19.2 Å². The number of alkyl halides is 3. The standard InChI is InChI=1S/C12H11ClF3NO2S/c1-8-11(20(13,18)19)9-4-2-3-5-10(9)17(8)7-6-12(14,15)16/h2-5H,6-7H2,1H3. The highest BCUT2D eigenvalue weighted by atomic mass is 35.7. The van der Waals surface area contributed by atoms with E-state index in [2.05, 4.69) is 0 Å². The number of fused-ring (bicyclic) bond motifs is 1. The van der Waals surface area contributed by atoms with E-state index >= 15 is 0 Å². The molecule has 110 valence electrons. The highest BCUT2D eigenvalue weighted by molar-refractivity contribution is 8.14. The first-order valence-electron chi connectivity index (χ1n) is 5.70. The Morgan fingerprint density at radius 3 is 2.40 bits per heavy atom. The van der Waals surface area contributed by atoms with E-state index in [9.17, 15) is 21.6 Å². The van der Waals surface area contributed by atoms with E-state index in [-0.39, 0.29) is 17.1 Å². The van der Waals surface area contributed by atoms with Crippen molar-refractivity contribution in [2.45, 2.75) is 31.0 Å². The van der Waals surface area contributed by atoms with E-state index in [4.69, 9.17) is 10.7 Å². The monoisotopic (exact) mass is 325 g/mol. The van der Waals surface area contributed by atoms with Crippen molar-refractivity contribution in [1.29, 1.82) is 0 Å². The zero-order valence-electron chi connectivity index (χ0n) is 10.4. The number of hydrogen-bond donors (Lipinski definition) is 0. The highest BCUT2D eigenvalue weighted by Gasteiger charge is 2.29. The van der Waals surface area contributed by atoms with E-state index < -0.39 is 21.6 Å². The summed E-state index contributed by atoms with van der Waals surface area (Å²) in [6.07, 6.45) is -5.34. The molecule has 0 atom stereocenters. The molecule has 0 saturated heterocycles. The lowest BCUT2D eigenvalue weighted by Crippen LogP contribution is -2.13. The summed E-state index contributed by atoms with van der Waals surface area (Å²) in [6.45, 7) is 1.11. The molecule has 8 heteroatoms. The first kappa shape index (κ1) is 15.2. The fourth-order valence-corrected chi connectivity index (χ4v) is 3.72. The zero-order valence-corrected chi connectivity index (χ0v) is 12.0. The van der Waals surface area contributed by atoms with Gasteiger partial charge in [0.1, 0.15) is 4.90 Å². The van der Waals surface area contributed by atoms with Crippen molar-refractivity contribution in [1.82, 2.24) is 4.57 Å². The molecule has 1 heterocycles. The van der Waals surface area contributed by atoms with E-state index in [1.54, 1.807) is 18.2 Å². The molecule has 0 bridgehead atoms. The van der Waals surface area contributed by atoms with E-state index in [0.29, 0.717) is 10.9 Å². The summed E-state index contributed by atoms with van der Waals surface area (Å²) < 4.78 is 61.6. The summed E-state index contributed by atoms with van der Waals surface area (Å²) in [4.78, 5) is -0.128. The van der Waals surface area contributed by atoms with Gasteiger partial charge in [-0.3, -0.25) is 0 Å². The van der Waals surface area contributed by atoms with Gasteiger partial charge in [-0.05, 0) is 13.0 Å². The van der Waals surface area contributed by atoms with Crippen LogP contribution in [0.2, 0.25) is 0 Å². The third-order valence-electron chi connectivity index (χ3n) is 3.04. The Kier molecular flexibility index (Phi) is 3.77. The van der Waals surface area contributed by atoms with Crippen molar-refractivity contribution in [2.75, 3.05) is 0 Å². The minimum absolute atomic E-state index is 0.128. The Morgan fingerprint density at radius 2 is 1.85 bits per heavy atom. The normalized spacial score (nSPS) is 13.1. The van der Waals surface area contributed by atoms with Crippen LogP contribution in [0.3, 0.4) is 0 Å². The van der Waals surface area contributed by atoms with Gasteiger partial charge in [-0.15, -0.1) is 0 Å². The summed E-state index contributed by atoms with van der Waals surface area (Å²) in [7, 11) is 1.36. The predicted molar refractivity (Wildman–Crippen MR) is 70.4 cm³/mol. The molecule has 1 aromatic carbocycles. The number of benzene rings is 1. The molecule has 0 fully saturated rings. The summed E-state index contributed by atoms with van der Waals surface area (Å²) in [5.74, 6) is 0. The minimum Gasteiger partial charge on any atom is -0.343 e. The molecule has 0 aliphatic carbocycles. The smallest absolute Gasteiger partial charge is 0.343 e. The van der Waals surface area contributed by atoms with E-state index in [1.807, 2.05) is 0 Å². The molecular weight excluding hydrogens is 315 g/mol. The van der Waals surface area contributed by atoms with Crippen LogP contribution < -0.4 is 0 Å². The van der Waals surface area contributed by atoms with Gasteiger partial charge in [-0.2, -0.15) is 13.2 Å². The Bertz CT molecular complexity index is 750. The predicted octanol–water partition coefficient (Wildman–Crippen LogP) is 3.83. The van der Waals surface area contributed by atoms with Crippen molar-refractivity contribution >= 4 is 30.6 Å². The van der Waals surface area contributed by atoms with Crippen molar-refractivity contribution < 1.29 is 21.6 Å². The molecule has 0 radical (unpaired) electrons. The summed E-state index contributed by atoms with van der Waals surface area (Å²) >= 11 is 0. The fraction of sp³-hybridized carbons (Fsp3) is 0.333. The first-order valence-corrected chi connectivity index (χ1v) is 8.01. The van der Waals surface area contributed by atoms with Gasteiger partial charge in [0.15, 0.2) is 0 Å². The Balaban J connectivity index is 2.64. The number of para-hydroxylation sites is 1. The third kappa shape index (κ3) is 2.93. The van der Waals surface area contributed by atoms with Crippen molar-refractivity contribution in [2.24, 2.45) is 0 Å². The molecule has 1 aromatic heterocycles.